The average Bonchev–Trinajstić information content (AvgIpc) is 2.49. The summed E-state index contributed by atoms with van der Waals surface area (Å²) < 4.78 is 0. The molecule has 0 unspecified atom stereocenters. The number of carbonyl (C=O) groups excluding carboxylic acids is 1. The van der Waals surface area contributed by atoms with E-state index in [2.05, 4.69) is 26.7 Å². The summed E-state index contributed by atoms with van der Waals surface area (Å²) in [5, 5.41) is 6.14. The molecule has 0 fully saturated rings. The minimum absolute atomic E-state index is 0.0588. The lowest BCUT2D eigenvalue weighted by Gasteiger charge is -2.14. The van der Waals surface area contributed by atoms with Crippen molar-refractivity contribution in [1.29, 1.82) is 0 Å². The molecule has 1 aromatic carbocycles. The number of benzene rings is 1. The molecule has 2 N–H and O–H groups in total. The second-order valence-electron chi connectivity index (χ2n) is 6.11. The second kappa shape index (κ2) is 7.77. The molecule has 6 heteroatoms. The third-order valence-electron chi connectivity index (χ3n) is 3.48. The fourth-order valence-corrected chi connectivity index (χ4v) is 2.45. The Morgan fingerprint density at radius 1 is 1.00 bits per heavy atom. The second-order valence-corrected chi connectivity index (χ2v) is 6.11. The number of amides is 1. The van der Waals surface area contributed by atoms with Gasteiger partial charge in [-0.25, -0.2) is 9.97 Å². The van der Waals surface area contributed by atoms with Crippen molar-refractivity contribution in [3.05, 3.63) is 46.8 Å². The van der Waals surface area contributed by atoms with Crippen LogP contribution in [0.5, 0.6) is 0 Å². The van der Waals surface area contributed by atoms with Crippen molar-refractivity contribution in [2.45, 2.75) is 20.8 Å². The van der Waals surface area contributed by atoms with Crippen LogP contribution in [-0.2, 0) is 0 Å². The first-order valence-electron chi connectivity index (χ1n) is 7.98. The van der Waals surface area contributed by atoms with Gasteiger partial charge in [0, 0.05) is 38.8 Å². The number of rotatable bonds is 6. The Morgan fingerprint density at radius 2 is 1.67 bits per heavy atom. The standard InChI is InChI=1S/C18H25N5O/c1-12-8-13(2)10-15(9-12)18(24)20-7-6-19-16-11-17(23(4)5)22-14(3)21-16/h8-11H,6-7H2,1-5H3,(H,20,24)(H,19,21,22). The molecule has 0 spiro atoms. The molecule has 6 nitrogen and oxygen atoms in total. The number of hydrogen-bond acceptors (Lipinski definition) is 5. The summed E-state index contributed by atoms with van der Waals surface area (Å²) in [7, 11) is 3.88. The van der Waals surface area contributed by atoms with Gasteiger partial charge >= 0.3 is 0 Å². The molecule has 128 valence electrons. The molecule has 24 heavy (non-hydrogen) atoms. The van der Waals surface area contributed by atoms with Crippen LogP contribution in [0.4, 0.5) is 11.6 Å². The predicted octanol–water partition coefficient (Wildman–Crippen LogP) is 2.31. The number of anilines is 2. The quantitative estimate of drug-likeness (QED) is 0.797. The van der Waals surface area contributed by atoms with Gasteiger partial charge in [-0.05, 0) is 32.9 Å². The molecule has 0 saturated carbocycles. The number of nitrogens with zero attached hydrogens (tertiary/aromatic N) is 3. The maximum atomic E-state index is 12.2. The summed E-state index contributed by atoms with van der Waals surface area (Å²) in [6.07, 6.45) is 0. The molecule has 1 aromatic heterocycles. The lowest BCUT2D eigenvalue weighted by Crippen LogP contribution is -2.29. The Balaban J connectivity index is 1.87. The van der Waals surface area contributed by atoms with E-state index in [1.807, 2.05) is 58.0 Å². The summed E-state index contributed by atoms with van der Waals surface area (Å²) in [5.41, 5.74) is 2.87. The van der Waals surface area contributed by atoms with E-state index in [1.54, 1.807) is 0 Å². The molecule has 0 aliphatic rings. The minimum atomic E-state index is -0.0588. The van der Waals surface area contributed by atoms with Crippen molar-refractivity contribution in [1.82, 2.24) is 15.3 Å². The van der Waals surface area contributed by atoms with Crippen LogP contribution in [0.2, 0.25) is 0 Å². The maximum absolute atomic E-state index is 12.2. The monoisotopic (exact) mass is 327 g/mol. The zero-order valence-electron chi connectivity index (χ0n) is 15.0. The molecule has 2 rings (SSSR count). The average molecular weight is 327 g/mol. The van der Waals surface area contributed by atoms with Crippen LogP contribution in [0, 0.1) is 20.8 Å². The Labute approximate surface area is 143 Å². The molecule has 1 heterocycles. The van der Waals surface area contributed by atoms with Crippen LogP contribution >= 0.6 is 0 Å². The minimum Gasteiger partial charge on any atom is -0.368 e. The number of aryl methyl sites for hydroxylation is 3. The normalized spacial score (nSPS) is 10.4. The van der Waals surface area contributed by atoms with Crippen LogP contribution in [0.3, 0.4) is 0 Å². The SMILES string of the molecule is Cc1cc(C)cc(C(=O)NCCNc2cc(N(C)C)nc(C)n2)c1. The molecule has 0 bridgehead atoms. The van der Waals surface area contributed by atoms with E-state index >= 15 is 0 Å². The first kappa shape index (κ1) is 17.7. The van der Waals surface area contributed by atoms with Crippen molar-refractivity contribution in [3.63, 3.8) is 0 Å². The highest BCUT2D eigenvalue weighted by Gasteiger charge is 2.07. The summed E-state index contributed by atoms with van der Waals surface area (Å²) in [6, 6.07) is 7.73. The summed E-state index contributed by atoms with van der Waals surface area (Å²) in [4.78, 5) is 22.8. The fraction of sp³-hybridized carbons (Fsp3) is 0.389. The van der Waals surface area contributed by atoms with Crippen LogP contribution in [0.1, 0.15) is 27.3 Å². The molecular weight excluding hydrogens is 302 g/mol. The third-order valence-corrected chi connectivity index (χ3v) is 3.48. The van der Waals surface area contributed by atoms with Crippen LogP contribution in [0.25, 0.3) is 0 Å². The Morgan fingerprint density at radius 3 is 2.29 bits per heavy atom. The summed E-state index contributed by atoms with van der Waals surface area (Å²) >= 11 is 0. The van der Waals surface area contributed by atoms with E-state index in [4.69, 9.17) is 0 Å². The lowest BCUT2D eigenvalue weighted by atomic mass is 10.1. The Hall–Kier alpha value is -2.63. The number of nitrogens with one attached hydrogen (secondary N) is 2. The van der Waals surface area contributed by atoms with Crippen molar-refractivity contribution >= 4 is 17.5 Å². The smallest absolute Gasteiger partial charge is 0.251 e. The van der Waals surface area contributed by atoms with Gasteiger partial charge in [0.1, 0.15) is 17.5 Å². The summed E-state index contributed by atoms with van der Waals surface area (Å²) in [5.74, 6) is 2.26. The van der Waals surface area contributed by atoms with Crippen LogP contribution in [-0.4, -0.2) is 43.1 Å². The zero-order valence-corrected chi connectivity index (χ0v) is 15.0. The van der Waals surface area contributed by atoms with E-state index < -0.39 is 0 Å². The molecular formula is C18H25N5O. The van der Waals surface area contributed by atoms with Crippen molar-refractivity contribution in [2.24, 2.45) is 0 Å². The maximum Gasteiger partial charge on any atom is 0.251 e. The Kier molecular flexibility index (Phi) is 5.73. The number of carbonyl (C=O) groups is 1. The molecule has 0 aliphatic carbocycles. The van der Waals surface area contributed by atoms with Gasteiger partial charge in [-0.2, -0.15) is 0 Å². The molecule has 2 aromatic rings. The highest BCUT2D eigenvalue weighted by Crippen LogP contribution is 2.13. The van der Waals surface area contributed by atoms with Crippen molar-refractivity contribution in [3.8, 4) is 0 Å². The molecule has 0 aliphatic heterocycles. The van der Waals surface area contributed by atoms with Gasteiger partial charge in [-0.15, -0.1) is 0 Å². The predicted molar refractivity (Wildman–Crippen MR) is 97.8 cm³/mol. The van der Waals surface area contributed by atoms with Crippen LogP contribution < -0.4 is 15.5 Å². The topological polar surface area (TPSA) is 70.2 Å². The van der Waals surface area contributed by atoms with Crippen molar-refractivity contribution < 1.29 is 4.79 Å². The molecule has 0 saturated heterocycles. The van der Waals surface area contributed by atoms with Gasteiger partial charge in [-0.1, -0.05) is 17.2 Å². The van der Waals surface area contributed by atoms with Crippen molar-refractivity contribution in [2.75, 3.05) is 37.4 Å². The molecule has 1 amide bonds. The van der Waals surface area contributed by atoms with E-state index in [9.17, 15) is 4.79 Å². The van der Waals surface area contributed by atoms with E-state index in [0.29, 0.717) is 24.5 Å². The third kappa shape index (κ3) is 4.94. The molecule has 0 atom stereocenters. The highest BCUT2D eigenvalue weighted by atomic mass is 16.1. The molecule has 0 radical (unpaired) electrons. The van der Waals surface area contributed by atoms with Crippen LogP contribution in [0.15, 0.2) is 24.3 Å². The number of aromatic nitrogens is 2. The van der Waals surface area contributed by atoms with E-state index in [1.165, 1.54) is 0 Å². The van der Waals surface area contributed by atoms with Gasteiger partial charge in [0.2, 0.25) is 0 Å². The van der Waals surface area contributed by atoms with Gasteiger partial charge in [-0.3, -0.25) is 4.79 Å². The van der Waals surface area contributed by atoms with Gasteiger partial charge in [0.05, 0.1) is 0 Å². The highest BCUT2D eigenvalue weighted by molar-refractivity contribution is 5.94. The zero-order chi connectivity index (χ0) is 17.7. The first-order valence-corrected chi connectivity index (χ1v) is 7.98. The fourth-order valence-electron chi connectivity index (χ4n) is 2.45. The van der Waals surface area contributed by atoms with E-state index in [-0.39, 0.29) is 5.91 Å². The number of hydrogen-bond donors (Lipinski definition) is 2. The van der Waals surface area contributed by atoms with Gasteiger partial charge in [0.25, 0.3) is 5.91 Å². The van der Waals surface area contributed by atoms with E-state index in [0.717, 1.165) is 22.8 Å². The van der Waals surface area contributed by atoms with Gasteiger partial charge in [0.15, 0.2) is 0 Å². The first-order chi connectivity index (χ1) is 11.3. The largest absolute Gasteiger partial charge is 0.368 e. The Bertz CT molecular complexity index is 707. The lowest BCUT2D eigenvalue weighted by molar-refractivity contribution is 0.0955. The summed E-state index contributed by atoms with van der Waals surface area (Å²) in [6.45, 7) is 6.96. The van der Waals surface area contributed by atoms with Gasteiger partial charge < -0.3 is 15.5 Å².